The highest BCUT2D eigenvalue weighted by atomic mass is 16.1. The molecule has 0 radical (unpaired) electrons. The maximum atomic E-state index is 11.2. The van der Waals surface area contributed by atoms with E-state index in [2.05, 4.69) is 5.10 Å². The molecule has 0 unspecified atom stereocenters. The smallest absolute Gasteiger partial charge is 0.183 e. The quantitative estimate of drug-likeness (QED) is 0.585. The molecule has 1 aliphatic rings. The molecule has 2 rings (SSSR count). The van der Waals surface area contributed by atoms with Crippen molar-refractivity contribution in [3.8, 4) is 0 Å². The van der Waals surface area contributed by atoms with Gasteiger partial charge in [-0.2, -0.15) is 5.10 Å². The molecule has 1 aliphatic heterocycles. The fourth-order valence-electron chi connectivity index (χ4n) is 1.38. The van der Waals surface area contributed by atoms with Gasteiger partial charge in [0, 0.05) is 13.0 Å². The summed E-state index contributed by atoms with van der Waals surface area (Å²) in [6.45, 7) is 0.818. The number of nitrogen functional groups attached to an aromatic ring is 1. The third-order valence-corrected chi connectivity index (χ3v) is 1.91. The molecule has 0 saturated heterocycles. The van der Waals surface area contributed by atoms with Crippen LogP contribution in [0.2, 0.25) is 0 Å². The van der Waals surface area contributed by atoms with Crippen LogP contribution in [0.1, 0.15) is 23.3 Å². The van der Waals surface area contributed by atoms with Gasteiger partial charge in [-0.05, 0) is 6.42 Å². The first-order chi connectivity index (χ1) is 5.29. The summed E-state index contributed by atoms with van der Waals surface area (Å²) < 4.78 is 1.68. The molecule has 4 heteroatoms. The van der Waals surface area contributed by atoms with Crippen LogP contribution in [0.15, 0.2) is 6.20 Å². The Balaban J connectivity index is 2.56. The van der Waals surface area contributed by atoms with Crippen molar-refractivity contribution in [3.63, 3.8) is 0 Å². The number of Topliss-reactive ketones (excluding diaryl/α,β-unsaturated/α-hetero) is 1. The van der Waals surface area contributed by atoms with E-state index in [0.29, 0.717) is 17.8 Å². The lowest BCUT2D eigenvalue weighted by Gasteiger charge is -2.11. The van der Waals surface area contributed by atoms with Gasteiger partial charge in [-0.3, -0.25) is 9.48 Å². The standard InChI is InChI=1S/C7H9N3O/c8-5-4-9-10-3-1-2-6(11)7(5)10/h4H,1-3,8H2. The lowest BCUT2D eigenvalue weighted by Crippen LogP contribution is -2.18. The number of ketones is 1. The Kier molecular flexibility index (Phi) is 1.21. The van der Waals surface area contributed by atoms with E-state index < -0.39 is 0 Å². The molecular formula is C7H9N3O. The lowest BCUT2D eigenvalue weighted by molar-refractivity contribution is 0.0952. The Labute approximate surface area is 64.0 Å². The SMILES string of the molecule is Nc1cnn2c1C(=O)CCC2. The summed E-state index contributed by atoms with van der Waals surface area (Å²) in [6.07, 6.45) is 3.03. The van der Waals surface area contributed by atoms with Crippen LogP contribution in [0, 0.1) is 0 Å². The Morgan fingerprint density at radius 2 is 2.45 bits per heavy atom. The van der Waals surface area contributed by atoms with E-state index in [0.717, 1.165) is 13.0 Å². The van der Waals surface area contributed by atoms with Gasteiger partial charge in [0.2, 0.25) is 0 Å². The number of anilines is 1. The molecule has 4 nitrogen and oxygen atoms in total. The minimum Gasteiger partial charge on any atom is -0.396 e. The number of carbonyl (C=O) groups is 1. The molecule has 0 spiro atoms. The minimum atomic E-state index is 0.117. The third kappa shape index (κ3) is 0.824. The molecule has 11 heavy (non-hydrogen) atoms. The summed E-state index contributed by atoms with van der Waals surface area (Å²) in [7, 11) is 0. The van der Waals surface area contributed by atoms with Crippen LogP contribution in [0.25, 0.3) is 0 Å². The van der Waals surface area contributed by atoms with Gasteiger partial charge in [0.1, 0.15) is 5.69 Å². The van der Waals surface area contributed by atoms with Crippen LogP contribution in [0.3, 0.4) is 0 Å². The summed E-state index contributed by atoms with van der Waals surface area (Å²) >= 11 is 0. The predicted octanol–water partition coefficient (Wildman–Crippen LogP) is 0.442. The molecule has 0 aromatic carbocycles. The van der Waals surface area contributed by atoms with Gasteiger partial charge < -0.3 is 5.73 Å². The largest absolute Gasteiger partial charge is 0.396 e. The van der Waals surface area contributed by atoms with Crippen molar-refractivity contribution in [2.75, 3.05) is 5.73 Å². The molecule has 58 valence electrons. The molecule has 1 aromatic rings. The maximum Gasteiger partial charge on any atom is 0.183 e. The summed E-state index contributed by atoms with van der Waals surface area (Å²) in [5.41, 5.74) is 6.65. The Bertz CT molecular complexity index is 303. The van der Waals surface area contributed by atoms with Gasteiger partial charge in [0.15, 0.2) is 5.78 Å². The first kappa shape index (κ1) is 6.39. The normalized spacial score (nSPS) is 16.5. The molecule has 0 bridgehead atoms. The second-order valence-electron chi connectivity index (χ2n) is 2.70. The van der Waals surface area contributed by atoms with Crippen LogP contribution in [-0.2, 0) is 6.54 Å². The Hall–Kier alpha value is -1.32. The molecule has 0 saturated carbocycles. The molecule has 0 fully saturated rings. The van der Waals surface area contributed by atoms with Crippen LogP contribution in [0.4, 0.5) is 5.69 Å². The highest BCUT2D eigenvalue weighted by Gasteiger charge is 2.20. The number of aromatic nitrogens is 2. The molecule has 2 heterocycles. The number of aryl methyl sites for hydroxylation is 1. The van der Waals surface area contributed by atoms with Crippen LogP contribution >= 0.6 is 0 Å². The number of nitrogens with two attached hydrogens (primary N) is 1. The summed E-state index contributed by atoms with van der Waals surface area (Å²) in [5, 5.41) is 3.98. The monoisotopic (exact) mass is 151 g/mol. The zero-order valence-electron chi connectivity index (χ0n) is 6.08. The first-order valence-corrected chi connectivity index (χ1v) is 3.63. The molecule has 0 aliphatic carbocycles. The van der Waals surface area contributed by atoms with E-state index in [1.165, 1.54) is 0 Å². The zero-order valence-corrected chi connectivity index (χ0v) is 6.08. The number of rotatable bonds is 0. The van der Waals surface area contributed by atoms with Crippen molar-refractivity contribution >= 4 is 11.5 Å². The van der Waals surface area contributed by atoms with Crippen molar-refractivity contribution < 1.29 is 4.79 Å². The number of carbonyl (C=O) groups excluding carboxylic acids is 1. The fourth-order valence-corrected chi connectivity index (χ4v) is 1.38. The van der Waals surface area contributed by atoms with Crippen molar-refractivity contribution in [2.45, 2.75) is 19.4 Å². The first-order valence-electron chi connectivity index (χ1n) is 3.63. The Morgan fingerprint density at radius 3 is 3.18 bits per heavy atom. The van der Waals surface area contributed by atoms with Gasteiger partial charge in [0.25, 0.3) is 0 Å². The van der Waals surface area contributed by atoms with E-state index in [1.54, 1.807) is 10.9 Å². The predicted molar refractivity (Wildman–Crippen MR) is 40.2 cm³/mol. The average molecular weight is 151 g/mol. The van der Waals surface area contributed by atoms with Gasteiger partial charge in [0.05, 0.1) is 11.9 Å². The molecule has 0 atom stereocenters. The van der Waals surface area contributed by atoms with Crippen LogP contribution < -0.4 is 5.73 Å². The average Bonchev–Trinajstić information content (AvgIpc) is 2.34. The van der Waals surface area contributed by atoms with E-state index in [9.17, 15) is 4.79 Å². The fraction of sp³-hybridized carbons (Fsp3) is 0.429. The zero-order chi connectivity index (χ0) is 7.84. The van der Waals surface area contributed by atoms with Crippen LogP contribution in [0.5, 0.6) is 0 Å². The highest BCUT2D eigenvalue weighted by molar-refractivity contribution is 5.99. The van der Waals surface area contributed by atoms with Gasteiger partial charge in [-0.25, -0.2) is 0 Å². The van der Waals surface area contributed by atoms with Crippen molar-refractivity contribution in [2.24, 2.45) is 0 Å². The van der Waals surface area contributed by atoms with Crippen LogP contribution in [-0.4, -0.2) is 15.6 Å². The van der Waals surface area contributed by atoms with Gasteiger partial charge >= 0.3 is 0 Å². The van der Waals surface area contributed by atoms with Crippen molar-refractivity contribution in [3.05, 3.63) is 11.9 Å². The summed E-state index contributed by atoms with van der Waals surface area (Å²) in [4.78, 5) is 11.2. The van der Waals surface area contributed by atoms with Gasteiger partial charge in [-0.15, -0.1) is 0 Å². The topological polar surface area (TPSA) is 60.9 Å². The number of fused-ring (bicyclic) bond motifs is 1. The summed E-state index contributed by atoms with van der Waals surface area (Å²) in [6, 6.07) is 0. The minimum absolute atomic E-state index is 0.117. The number of hydrogen-bond donors (Lipinski definition) is 1. The lowest BCUT2D eigenvalue weighted by atomic mass is 10.1. The number of nitrogens with zero attached hydrogens (tertiary/aromatic N) is 2. The molecule has 2 N–H and O–H groups in total. The van der Waals surface area contributed by atoms with E-state index in [-0.39, 0.29) is 5.78 Å². The second kappa shape index (κ2) is 2.08. The maximum absolute atomic E-state index is 11.2. The van der Waals surface area contributed by atoms with E-state index in [1.807, 2.05) is 0 Å². The molecular weight excluding hydrogens is 142 g/mol. The second-order valence-corrected chi connectivity index (χ2v) is 2.70. The highest BCUT2D eigenvalue weighted by Crippen LogP contribution is 2.18. The van der Waals surface area contributed by atoms with E-state index >= 15 is 0 Å². The molecule has 1 aromatic heterocycles. The number of hydrogen-bond acceptors (Lipinski definition) is 3. The van der Waals surface area contributed by atoms with Crippen molar-refractivity contribution in [1.29, 1.82) is 0 Å². The van der Waals surface area contributed by atoms with Crippen molar-refractivity contribution in [1.82, 2.24) is 9.78 Å². The summed E-state index contributed by atoms with van der Waals surface area (Å²) in [5.74, 6) is 0.117. The third-order valence-electron chi connectivity index (χ3n) is 1.91. The molecule has 0 amide bonds. The van der Waals surface area contributed by atoms with E-state index in [4.69, 9.17) is 5.73 Å². The Morgan fingerprint density at radius 1 is 1.64 bits per heavy atom. The van der Waals surface area contributed by atoms with Gasteiger partial charge in [-0.1, -0.05) is 0 Å².